The minimum absolute atomic E-state index is 0.00778. The maximum atomic E-state index is 12.9. The van der Waals surface area contributed by atoms with Crippen molar-refractivity contribution in [3.8, 4) is 0 Å². The zero-order chi connectivity index (χ0) is 45.7. The normalized spacial score (nSPS) is 14.4. The highest BCUT2D eigenvalue weighted by atomic mass is 31.2. The molecule has 3 atom stereocenters. The number of phosphoric ester groups is 1. The van der Waals surface area contributed by atoms with E-state index in [-0.39, 0.29) is 12.5 Å². The predicted molar refractivity (Wildman–Crippen MR) is 265 cm³/mol. The number of quaternary nitrogens is 1. The van der Waals surface area contributed by atoms with Crippen LogP contribution in [-0.2, 0) is 18.4 Å². The number of allylic oxidation sites excluding steroid dienone is 5. The van der Waals surface area contributed by atoms with Gasteiger partial charge in [0.2, 0.25) is 5.91 Å². The molecule has 0 rings (SSSR count). The fraction of sp³-hybridized carbons (Fsp3) is 0.868. The van der Waals surface area contributed by atoms with E-state index in [9.17, 15) is 19.4 Å². The van der Waals surface area contributed by atoms with Crippen LogP contribution in [0.4, 0.5) is 0 Å². The van der Waals surface area contributed by atoms with Gasteiger partial charge in [-0.15, -0.1) is 0 Å². The molecule has 1 amide bonds. The van der Waals surface area contributed by atoms with Crippen molar-refractivity contribution < 1.29 is 32.9 Å². The molecule has 0 bridgehead atoms. The molecule has 8 nitrogen and oxygen atoms in total. The molecule has 0 radical (unpaired) electrons. The van der Waals surface area contributed by atoms with Gasteiger partial charge in [0, 0.05) is 6.42 Å². The summed E-state index contributed by atoms with van der Waals surface area (Å²) in [5.41, 5.74) is 0. The largest absolute Gasteiger partial charge is 0.756 e. The molecule has 0 saturated carbocycles. The Balaban J connectivity index is 4.24. The highest BCUT2D eigenvalue weighted by Crippen LogP contribution is 2.38. The lowest BCUT2D eigenvalue weighted by Crippen LogP contribution is -2.45. The summed E-state index contributed by atoms with van der Waals surface area (Å²) in [5, 5.41) is 13.8. The Labute approximate surface area is 385 Å². The summed E-state index contributed by atoms with van der Waals surface area (Å²) < 4.78 is 23.2. The van der Waals surface area contributed by atoms with E-state index in [2.05, 4.69) is 43.5 Å². The Morgan fingerprint density at radius 3 is 1.31 bits per heavy atom. The van der Waals surface area contributed by atoms with Gasteiger partial charge in [-0.3, -0.25) is 9.36 Å². The van der Waals surface area contributed by atoms with Crippen molar-refractivity contribution in [2.75, 3.05) is 40.9 Å². The number of nitrogens with one attached hydrogen (secondary N) is 1. The molecule has 62 heavy (non-hydrogen) atoms. The third-order valence-corrected chi connectivity index (χ3v) is 12.8. The maximum Gasteiger partial charge on any atom is 0.268 e. The van der Waals surface area contributed by atoms with Crippen LogP contribution < -0.4 is 10.2 Å². The number of likely N-dealkylation sites (N-methyl/N-ethyl adjacent to an activating group) is 1. The topological polar surface area (TPSA) is 108 Å². The zero-order valence-corrected chi connectivity index (χ0v) is 42.5. The van der Waals surface area contributed by atoms with E-state index in [0.717, 1.165) is 44.9 Å². The van der Waals surface area contributed by atoms with Crippen molar-refractivity contribution >= 4 is 13.7 Å². The Bertz CT molecular complexity index is 1110. The minimum Gasteiger partial charge on any atom is -0.756 e. The summed E-state index contributed by atoms with van der Waals surface area (Å²) in [4.78, 5) is 25.3. The van der Waals surface area contributed by atoms with Crippen molar-refractivity contribution in [2.45, 2.75) is 257 Å². The minimum atomic E-state index is -4.60. The summed E-state index contributed by atoms with van der Waals surface area (Å²) in [7, 11) is 1.24. The van der Waals surface area contributed by atoms with Crippen molar-refractivity contribution in [3.63, 3.8) is 0 Å². The molecule has 0 heterocycles. The van der Waals surface area contributed by atoms with Crippen LogP contribution >= 0.6 is 7.82 Å². The number of carbonyl (C=O) groups is 1. The standard InChI is InChI=1S/C53H103N2O6P/c1-6-8-10-12-14-16-18-20-21-22-23-24-25-26-27-28-29-30-31-32-33-34-35-36-38-40-42-44-46-52(56)51(50-61-62(58,59)60-49-48-55(3,4)5)54-53(57)47-45-43-41-39-37-19-17-15-13-11-9-7-2/h32-33,36,38,44,46,51-52,56H,6-31,34-35,37,39-43,45,47-50H2,1-5H3,(H-,54,57,58,59)/b33-32+,38-36+,46-44+. The van der Waals surface area contributed by atoms with Gasteiger partial charge in [-0.05, 0) is 44.9 Å². The lowest BCUT2D eigenvalue weighted by atomic mass is 10.0. The van der Waals surface area contributed by atoms with Crippen LogP contribution in [0.2, 0.25) is 0 Å². The summed E-state index contributed by atoms with van der Waals surface area (Å²) >= 11 is 0. The van der Waals surface area contributed by atoms with E-state index >= 15 is 0 Å². The Morgan fingerprint density at radius 1 is 0.548 bits per heavy atom. The molecular formula is C53H103N2O6P. The molecular weight excluding hydrogens is 792 g/mol. The van der Waals surface area contributed by atoms with Gasteiger partial charge < -0.3 is 28.8 Å². The summed E-state index contributed by atoms with van der Waals surface area (Å²) in [6.07, 6.45) is 56.5. The van der Waals surface area contributed by atoms with Crippen molar-refractivity contribution in [3.05, 3.63) is 36.5 Å². The molecule has 0 aromatic heterocycles. The molecule has 0 fully saturated rings. The van der Waals surface area contributed by atoms with Crippen LogP contribution in [0.1, 0.15) is 245 Å². The zero-order valence-electron chi connectivity index (χ0n) is 41.6. The van der Waals surface area contributed by atoms with Gasteiger partial charge in [-0.1, -0.05) is 230 Å². The molecule has 0 aromatic carbocycles. The lowest BCUT2D eigenvalue weighted by molar-refractivity contribution is -0.870. The monoisotopic (exact) mass is 895 g/mol. The first-order valence-electron chi connectivity index (χ1n) is 26.4. The smallest absolute Gasteiger partial charge is 0.268 e. The first kappa shape index (κ1) is 60.7. The van der Waals surface area contributed by atoms with Gasteiger partial charge in [0.05, 0.1) is 39.9 Å². The van der Waals surface area contributed by atoms with E-state index in [0.29, 0.717) is 17.4 Å². The van der Waals surface area contributed by atoms with Gasteiger partial charge in [-0.25, -0.2) is 0 Å². The predicted octanol–water partition coefficient (Wildman–Crippen LogP) is 14.8. The van der Waals surface area contributed by atoms with Gasteiger partial charge in [0.15, 0.2) is 0 Å². The summed E-state index contributed by atoms with van der Waals surface area (Å²) in [6.45, 7) is 4.63. The molecule has 3 unspecified atom stereocenters. The van der Waals surface area contributed by atoms with E-state index < -0.39 is 26.6 Å². The first-order chi connectivity index (χ1) is 30.0. The number of hydrogen-bond acceptors (Lipinski definition) is 6. The van der Waals surface area contributed by atoms with Crippen molar-refractivity contribution in [1.29, 1.82) is 0 Å². The maximum absolute atomic E-state index is 12.9. The van der Waals surface area contributed by atoms with E-state index in [4.69, 9.17) is 9.05 Å². The molecule has 0 spiro atoms. The molecule has 366 valence electrons. The fourth-order valence-electron chi connectivity index (χ4n) is 7.66. The number of amides is 1. The van der Waals surface area contributed by atoms with Gasteiger partial charge in [0.1, 0.15) is 13.2 Å². The van der Waals surface area contributed by atoms with Crippen LogP contribution in [0.15, 0.2) is 36.5 Å². The number of rotatable bonds is 48. The van der Waals surface area contributed by atoms with Gasteiger partial charge >= 0.3 is 0 Å². The molecule has 0 aliphatic heterocycles. The first-order valence-corrected chi connectivity index (χ1v) is 27.8. The van der Waals surface area contributed by atoms with Crippen LogP contribution in [0.25, 0.3) is 0 Å². The highest BCUT2D eigenvalue weighted by molar-refractivity contribution is 7.45. The number of carbonyl (C=O) groups excluding carboxylic acids is 1. The second kappa shape index (κ2) is 44.9. The van der Waals surface area contributed by atoms with Crippen LogP contribution in [0.3, 0.4) is 0 Å². The number of aliphatic hydroxyl groups excluding tert-OH is 1. The van der Waals surface area contributed by atoms with Gasteiger partial charge in [0.25, 0.3) is 7.82 Å². The number of unbranched alkanes of at least 4 members (excludes halogenated alkanes) is 31. The third-order valence-electron chi connectivity index (χ3n) is 11.8. The SMILES string of the molecule is CCCCCCCCCCCCCCCCCCCC/C=C/CC/C=C/CC/C=C/C(O)C(COP(=O)([O-])OCC[N+](C)(C)C)NC(=O)CCCCCCCCCCCCCC. The molecule has 0 aliphatic rings. The van der Waals surface area contributed by atoms with Crippen LogP contribution in [-0.4, -0.2) is 68.5 Å². The van der Waals surface area contributed by atoms with E-state index in [1.807, 2.05) is 27.2 Å². The lowest BCUT2D eigenvalue weighted by Gasteiger charge is -2.29. The van der Waals surface area contributed by atoms with Crippen LogP contribution in [0, 0.1) is 0 Å². The number of phosphoric acid groups is 1. The van der Waals surface area contributed by atoms with Crippen LogP contribution in [0.5, 0.6) is 0 Å². The molecule has 9 heteroatoms. The van der Waals surface area contributed by atoms with Crippen molar-refractivity contribution in [2.24, 2.45) is 0 Å². The third kappa shape index (κ3) is 46.7. The van der Waals surface area contributed by atoms with Gasteiger partial charge in [-0.2, -0.15) is 0 Å². The van der Waals surface area contributed by atoms with E-state index in [1.54, 1.807) is 6.08 Å². The second-order valence-electron chi connectivity index (χ2n) is 19.2. The number of aliphatic hydroxyl groups is 1. The average Bonchev–Trinajstić information content (AvgIpc) is 3.23. The Morgan fingerprint density at radius 2 is 0.903 bits per heavy atom. The number of nitrogens with zero attached hydrogens (tertiary/aromatic N) is 1. The fourth-order valence-corrected chi connectivity index (χ4v) is 8.38. The Kier molecular flexibility index (Phi) is 44.0. The van der Waals surface area contributed by atoms with E-state index in [1.165, 1.54) is 180 Å². The average molecular weight is 895 g/mol. The number of hydrogen-bond donors (Lipinski definition) is 2. The molecule has 2 N–H and O–H groups in total. The quantitative estimate of drug-likeness (QED) is 0.0273. The molecule has 0 saturated heterocycles. The Hall–Kier alpha value is -1.28. The molecule has 0 aromatic rings. The summed E-state index contributed by atoms with van der Waals surface area (Å²) in [5.74, 6) is -0.211. The summed E-state index contributed by atoms with van der Waals surface area (Å²) in [6, 6.07) is -0.906. The van der Waals surface area contributed by atoms with Crippen molar-refractivity contribution in [1.82, 2.24) is 5.32 Å². The second-order valence-corrected chi connectivity index (χ2v) is 20.6. The highest BCUT2D eigenvalue weighted by Gasteiger charge is 2.23. The molecule has 0 aliphatic carbocycles.